The zero-order chi connectivity index (χ0) is 18.2. The average Bonchev–Trinajstić information content (AvgIpc) is 3.41. The molecule has 5 rings (SSSR count). The first-order valence-corrected chi connectivity index (χ1v) is 9.35. The van der Waals surface area contributed by atoms with Gasteiger partial charge in [-0.15, -0.1) is 0 Å². The molecule has 0 bridgehead atoms. The zero-order valence-electron chi connectivity index (χ0n) is 14.9. The van der Waals surface area contributed by atoms with Crippen LogP contribution in [0.1, 0.15) is 25.5 Å². The van der Waals surface area contributed by atoms with Crippen LogP contribution in [-0.2, 0) is 9.47 Å². The fourth-order valence-electron chi connectivity index (χ4n) is 3.51. The van der Waals surface area contributed by atoms with E-state index in [9.17, 15) is 5.21 Å². The Morgan fingerprint density at radius 3 is 2.96 bits per heavy atom. The SMILES string of the molecule is [O-][n+]1cc(OC[C@H]2CO2)cc2ccc(-c3ccnn3C3CCCCO3)cc21. The van der Waals surface area contributed by atoms with E-state index >= 15 is 0 Å². The van der Waals surface area contributed by atoms with Crippen LogP contribution in [0, 0.1) is 5.21 Å². The van der Waals surface area contributed by atoms with Gasteiger partial charge >= 0.3 is 0 Å². The van der Waals surface area contributed by atoms with Crippen LogP contribution in [0.3, 0.4) is 0 Å². The topological polar surface area (TPSA) is 75.8 Å². The lowest BCUT2D eigenvalue weighted by molar-refractivity contribution is -0.577. The first-order valence-electron chi connectivity index (χ1n) is 9.35. The summed E-state index contributed by atoms with van der Waals surface area (Å²) in [7, 11) is 0. The molecule has 4 heterocycles. The van der Waals surface area contributed by atoms with Crippen molar-refractivity contribution in [3.8, 4) is 17.0 Å². The summed E-state index contributed by atoms with van der Waals surface area (Å²) in [6, 6.07) is 9.69. The summed E-state index contributed by atoms with van der Waals surface area (Å²) < 4.78 is 19.4. The number of nitrogens with zero attached hydrogens (tertiary/aromatic N) is 3. The van der Waals surface area contributed by atoms with Gasteiger partial charge in [-0.3, -0.25) is 0 Å². The highest BCUT2D eigenvalue weighted by atomic mass is 16.6. The summed E-state index contributed by atoms with van der Waals surface area (Å²) in [5, 5.41) is 17.8. The van der Waals surface area contributed by atoms with Gasteiger partial charge in [0.2, 0.25) is 11.7 Å². The molecule has 0 aliphatic carbocycles. The molecule has 2 saturated heterocycles. The second kappa shape index (κ2) is 6.83. The molecular weight excluding hydrogens is 346 g/mol. The van der Waals surface area contributed by atoms with Crippen LogP contribution in [-0.4, -0.2) is 35.7 Å². The molecule has 140 valence electrons. The summed E-state index contributed by atoms with van der Waals surface area (Å²) in [6.07, 6.45) is 6.54. The number of hydrogen-bond acceptors (Lipinski definition) is 5. The molecule has 1 aromatic carbocycles. The number of pyridine rings is 1. The smallest absolute Gasteiger partial charge is 0.224 e. The minimum absolute atomic E-state index is 0.0424. The largest absolute Gasteiger partial charge is 0.618 e. The third-order valence-corrected chi connectivity index (χ3v) is 5.04. The molecule has 27 heavy (non-hydrogen) atoms. The first-order chi connectivity index (χ1) is 13.3. The zero-order valence-corrected chi connectivity index (χ0v) is 14.9. The van der Waals surface area contributed by atoms with E-state index in [1.54, 1.807) is 6.20 Å². The Kier molecular flexibility index (Phi) is 4.18. The minimum atomic E-state index is -0.0424. The Morgan fingerprint density at radius 2 is 2.15 bits per heavy atom. The van der Waals surface area contributed by atoms with Crippen molar-refractivity contribution in [2.75, 3.05) is 19.8 Å². The lowest BCUT2D eigenvalue weighted by Gasteiger charge is -2.24. The van der Waals surface area contributed by atoms with Crippen molar-refractivity contribution in [3.05, 3.63) is 47.9 Å². The summed E-state index contributed by atoms with van der Waals surface area (Å²) in [4.78, 5) is 0. The maximum Gasteiger partial charge on any atom is 0.224 e. The van der Waals surface area contributed by atoms with Gasteiger partial charge in [0.05, 0.1) is 17.7 Å². The Hall–Kier alpha value is -2.64. The van der Waals surface area contributed by atoms with E-state index in [4.69, 9.17) is 14.2 Å². The van der Waals surface area contributed by atoms with Gasteiger partial charge in [-0.2, -0.15) is 9.83 Å². The maximum atomic E-state index is 12.5. The molecule has 2 aliphatic rings. The van der Waals surface area contributed by atoms with Gasteiger partial charge in [0.1, 0.15) is 12.7 Å². The molecule has 7 nitrogen and oxygen atoms in total. The van der Waals surface area contributed by atoms with Gasteiger partial charge < -0.3 is 19.4 Å². The lowest BCUT2D eigenvalue weighted by atomic mass is 10.1. The van der Waals surface area contributed by atoms with Crippen LogP contribution in [0.4, 0.5) is 0 Å². The van der Waals surface area contributed by atoms with E-state index in [2.05, 4.69) is 5.10 Å². The molecule has 2 fully saturated rings. The van der Waals surface area contributed by atoms with Crippen LogP contribution >= 0.6 is 0 Å². The van der Waals surface area contributed by atoms with Crippen molar-refractivity contribution in [1.29, 1.82) is 0 Å². The van der Waals surface area contributed by atoms with E-state index in [1.807, 2.05) is 35.0 Å². The molecule has 0 N–H and O–H groups in total. The molecular formula is C20H21N3O4. The Labute approximate surface area is 156 Å². The summed E-state index contributed by atoms with van der Waals surface area (Å²) >= 11 is 0. The third-order valence-electron chi connectivity index (χ3n) is 5.04. The van der Waals surface area contributed by atoms with Crippen LogP contribution in [0.15, 0.2) is 42.7 Å². The van der Waals surface area contributed by atoms with Crippen LogP contribution in [0.2, 0.25) is 0 Å². The number of benzene rings is 1. The summed E-state index contributed by atoms with van der Waals surface area (Å²) in [6.45, 7) is 1.97. The summed E-state index contributed by atoms with van der Waals surface area (Å²) in [5.41, 5.74) is 2.49. The molecule has 1 unspecified atom stereocenters. The molecule has 0 amide bonds. The van der Waals surface area contributed by atoms with E-state index in [0.717, 1.165) is 53.9 Å². The minimum Gasteiger partial charge on any atom is -0.618 e. The maximum absolute atomic E-state index is 12.5. The predicted molar refractivity (Wildman–Crippen MR) is 98.2 cm³/mol. The van der Waals surface area contributed by atoms with Gasteiger partial charge in [-0.05, 0) is 31.4 Å². The van der Waals surface area contributed by atoms with Crippen LogP contribution in [0.5, 0.6) is 5.75 Å². The van der Waals surface area contributed by atoms with Crippen molar-refractivity contribution in [1.82, 2.24) is 9.78 Å². The molecule has 7 heteroatoms. The second-order valence-electron chi connectivity index (χ2n) is 7.02. The Morgan fingerprint density at radius 1 is 1.22 bits per heavy atom. The molecule has 0 spiro atoms. The Bertz CT molecular complexity index is 961. The molecule has 0 radical (unpaired) electrons. The van der Waals surface area contributed by atoms with E-state index in [-0.39, 0.29) is 12.3 Å². The molecule has 2 aliphatic heterocycles. The number of fused-ring (bicyclic) bond motifs is 1. The van der Waals surface area contributed by atoms with Gasteiger partial charge in [-0.1, -0.05) is 6.07 Å². The van der Waals surface area contributed by atoms with Crippen molar-refractivity contribution in [2.45, 2.75) is 31.6 Å². The highest BCUT2D eigenvalue weighted by molar-refractivity contribution is 5.82. The van der Waals surface area contributed by atoms with Crippen LogP contribution in [0.25, 0.3) is 22.2 Å². The fourth-order valence-corrected chi connectivity index (χ4v) is 3.51. The van der Waals surface area contributed by atoms with Gasteiger partial charge in [0.15, 0.2) is 12.0 Å². The van der Waals surface area contributed by atoms with E-state index in [0.29, 0.717) is 17.9 Å². The molecule has 3 aromatic rings. The number of hydrogen-bond donors (Lipinski definition) is 0. The quantitative estimate of drug-likeness (QED) is 0.394. The number of epoxide rings is 1. The van der Waals surface area contributed by atoms with E-state index < -0.39 is 0 Å². The predicted octanol–water partition coefficient (Wildman–Crippen LogP) is 2.81. The summed E-state index contributed by atoms with van der Waals surface area (Å²) in [5.74, 6) is 0.557. The lowest BCUT2D eigenvalue weighted by Crippen LogP contribution is -2.27. The van der Waals surface area contributed by atoms with Gasteiger partial charge in [-0.25, -0.2) is 4.68 Å². The molecule has 0 saturated carbocycles. The van der Waals surface area contributed by atoms with Crippen LogP contribution < -0.4 is 9.47 Å². The number of rotatable bonds is 5. The number of aromatic nitrogens is 3. The van der Waals surface area contributed by atoms with Crippen molar-refractivity contribution >= 4 is 10.9 Å². The normalized spacial score (nSPS) is 22.1. The van der Waals surface area contributed by atoms with Gasteiger partial charge in [0.25, 0.3) is 0 Å². The average molecular weight is 367 g/mol. The van der Waals surface area contributed by atoms with Crippen molar-refractivity contribution in [3.63, 3.8) is 0 Å². The standard InChI is InChI=1S/C20H21N3O4/c24-22-11-16(26-12-17-13-27-17)9-14-4-5-15(10-19(14)22)18-6-7-21-23(18)20-3-1-2-8-25-20/h4-7,9-11,17,20H,1-3,8,12-13H2/t17-,20?/m0/s1. The first kappa shape index (κ1) is 16.5. The highest BCUT2D eigenvalue weighted by Gasteiger charge is 2.24. The Balaban J connectivity index is 1.47. The molecule has 2 atom stereocenters. The number of ether oxygens (including phenoxy) is 3. The van der Waals surface area contributed by atoms with Gasteiger partial charge in [0, 0.05) is 30.5 Å². The third kappa shape index (κ3) is 3.36. The molecule has 2 aromatic heterocycles. The van der Waals surface area contributed by atoms with E-state index in [1.165, 1.54) is 6.20 Å². The fraction of sp³-hybridized carbons (Fsp3) is 0.400. The highest BCUT2D eigenvalue weighted by Crippen LogP contribution is 2.30. The van der Waals surface area contributed by atoms with Crippen molar-refractivity contribution < 1.29 is 18.9 Å². The second-order valence-corrected chi connectivity index (χ2v) is 7.02. The van der Waals surface area contributed by atoms with Crippen molar-refractivity contribution in [2.24, 2.45) is 0 Å². The monoisotopic (exact) mass is 367 g/mol.